The molecular weight excluding hydrogens is 319 g/mol. The molecule has 126 valence electrons. The average molecular weight is 336 g/mol. The Hall–Kier alpha value is -3.28. The molecule has 0 unspecified atom stereocenters. The lowest BCUT2D eigenvalue weighted by Crippen LogP contribution is -2.24. The number of hydrogen-bond acceptors (Lipinski definition) is 4. The van der Waals surface area contributed by atoms with Gasteiger partial charge in [0.1, 0.15) is 23.7 Å². The molecular formula is C19H17FN4O. The lowest BCUT2D eigenvalue weighted by molar-refractivity contribution is 0.0946. The van der Waals surface area contributed by atoms with Gasteiger partial charge >= 0.3 is 0 Å². The number of halogens is 1. The van der Waals surface area contributed by atoms with Crippen molar-refractivity contribution in [1.29, 1.82) is 0 Å². The highest BCUT2D eigenvalue weighted by atomic mass is 19.1. The monoisotopic (exact) mass is 336 g/mol. The van der Waals surface area contributed by atoms with Crippen LogP contribution in [-0.4, -0.2) is 15.9 Å². The summed E-state index contributed by atoms with van der Waals surface area (Å²) < 4.78 is 13.2. The van der Waals surface area contributed by atoms with Gasteiger partial charge in [-0.1, -0.05) is 35.9 Å². The molecule has 0 spiro atoms. The van der Waals surface area contributed by atoms with Crippen LogP contribution in [0.25, 0.3) is 0 Å². The number of rotatable bonds is 5. The smallest absolute Gasteiger partial charge is 0.270 e. The molecule has 0 atom stereocenters. The van der Waals surface area contributed by atoms with Crippen molar-refractivity contribution in [3.63, 3.8) is 0 Å². The third-order valence-corrected chi connectivity index (χ3v) is 3.57. The number of nitrogens with zero attached hydrogens (tertiary/aromatic N) is 2. The van der Waals surface area contributed by atoms with E-state index in [2.05, 4.69) is 20.6 Å². The quantitative estimate of drug-likeness (QED) is 0.747. The number of nitrogens with one attached hydrogen (secondary N) is 2. The van der Waals surface area contributed by atoms with Crippen molar-refractivity contribution in [3.8, 4) is 0 Å². The van der Waals surface area contributed by atoms with Gasteiger partial charge < -0.3 is 10.6 Å². The minimum Gasteiger partial charge on any atom is -0.347 e. The summed E-state index contributed by atoms with van der Waals surface area (Å²) >= 11 is 0. The fourth-order valence-electron chi connectivity index (χ4n) is 2.24. The predicted octanol–water partition coefficient (Wildman–Crippen LogP) is 3.60. The van der Waals surface area contributed by atoms with E-state index in [1.165, 1.54) is 30.1 Å². The molecule has 3 aromatic rings. The fourth-order valence-corrected chi connectivity index (χ4v) is 2.24. The zero-order valence-electron chi connectivity index (χ0n) is 13.7. The van der Waals surface area contributed by atoms with Crippen LogP contribution in [0.15, 0.2) is 60.9 Å². The number of carbonyl (C=O) groups is 1. The molecule has 5 nitrogen and oxygen atoms in total. The number of amides is 1. The number of aryl methyl sites for hydroxylation is 1. The van der Waals surface area contributed by atoms with Crippen LogP contribution in [0.5, 0.6) is 0 Å². The third-order valence-electron chi connectivity index (χ3n) is 3.57. The first kappa shape index (κ1) is 16.6. The summed E-state index contributed by atoms with van der Waals surface area (Å²) in [6.45, 7) is 2.42. The van der Waals surface area contributed by atoms with Crippen molar-refractivity contribution in [3.05, 3.63) is 83.6 Å². The van der Waals surface area contributed by atoms with Gasteiger partial charge in [-0.2, -0.15) is 0 Å². The van der Waals surface area contributed by atoms with Crippen molar-refractivity contribution in [2.75, 3.05) is 5.32 Å². The molecule has 25 heavy (non-hydrogen) atoms. The van der Waals surface area contributed by atoms with Gasteiger partial charge in [0.05, 0.1) is 0 Å². The Balaban J connectivity index is 1.65. The Labute approximate surface area is 145 Å². The lowest BCUT2D eigenvalue weighted by atomic mass is 10.1. The van der Waals surface area contributed by atoms with Gasteiger partial charge in [0.15, 0.2) is 0 Å². The number of aromatic nitrogens is 2. The van der Waals surface area contributed by atoms with Crippen molar-refractivity contribution in [1.82, 2.24) is 15.3 Å². The van der Waals surface area contributed by atoms with Crippen LogP contribution in [0.3, 0.4) is 0 Å². The summed E-state index contributed by atoms with van der Waals surface area (Å²) in [4.78, 5) is 20.3. The van der Waals surface area contributed by atoms with Crippen LogP contribution in [0.4, 0.5) is 15.9 Å². The Kier molecular flexibility index (Phi) is 4.99. The van der Waals surface area contributed by atoms with Crippen LogP contribution < -0.4 is 10.6 Å². The van der Waals surface area contributed by atoms with E-state index in [4.69, 9.17) is 0 Å². The second-order valence-electron chi connectivity index (χ2n) is 5.59. The molecule has 0 aliphatic carbocycles. The van der Waals surface area contributed by atoms with Crippen molar-refractivity contribution in [2.45, 2.75) is 13.5 Å². The maximum Gasteiger partial charge on any atom is 0.270 e. The largest absolute Gasteiger partial charge is 0.347 e. The molecule has 0 aliphatic rings. The molecule has 0 fully saturated rings. The molecule has 1 heterocycles. The minimum atomic E-state index is -0.352. The fraction of sp³-hybridized carbons (Fsp3) is 0.105. The van der Waals surface area contributed by atoms with Crippen molar-refractivity contribution >= 4 is 17.4 Å². The van der Waals surface area contributed by atoms with E-state index in [9.17, 15) is 9.18 Å². The standard InChI is InChI=1S/C19H17FN4O/c1-13-5-7-14(8-6-13)11-21-19(25)17-10-18(23-12-22-17)24-16-4-2-3-15(20)9-16/h2-10,12H,11H2,1H3,(H,21,25)(H,22,23,24). The van der Waals surface area contributed by atoms with Crippen LogP contribution in [0.2, 0.25) is 0 Å². The summed E-state index contributed by atoms with van der Waals surface area (Å²) in [7, 11) is 0. The Morgan fingerprint density at radius 3 is 2.64 bits per heavy atom. The molecule has 6 heteroatoms. The van der Waals surface area contributed by atoms with Crippen LogP contribution in [-0.2, 0) is 6.54 Å². The van der Waals surface area contributed by atoms with Crippen LogP contribution in [0.1, 0.15) is 21.6 Å². The molecule has 0 saturated carbocycles. The van der Waals surface area contributed by atoms with Gasteiger partial charge in [0.25, 0.3) is 5.91 Å². The third kappa shape index (κ3) is 4.60. The summed E-state index contributed by atoms with van der Waals surface area (Å²) in [5, 5.41) is 5.77. The highest BCUT2D eigenvalue weighted by molar-refractivity contribution is 5.92. The molecule has 1 amide bonds. The number of benzene rings is 2. The lowest BCUT2D eigenvalue weighted by Gasteiger charge is -2.08. The van der Waals surface area contributed by atoms with Crippen molar-refractivity contribution < 1.29 is 9.18 Å². The molecule has 2 aromatic carbocycles. The van der Waals surface area contributed by atoms with E-state index >= 15 is 0 Å². The maximum atomic E-state index is 13.2. The van der Waals surface area contributed by atoms with E-state index in [0.29, 0.717) is 18.1 Å². The van der Waals surface area contributed by atoms with E-state index in [0.717, 1.165) is 5.56 Å². The summed E-state index contributed by atoms with van der Waals surface area (Å²) in [5.74, 6) is -0.235. The van der Waals surface area contributed by atoms with E-state index < -0.39 is 0 Å². The maximum absolute atomic E-state index is 13.2. The molecule has 0 bridgehead atoms. The van der Waals surface area contributed by atoms with Crippen LogP contribution in [0, 0.1) is 12.7 Å². The molecule has 0 radical (unpaired) electrons. The number of hydrogen-bond donors (Lipinski definition) is 2. The van der Waals surface area contributed by atoms with Gasteiger partial charge in [0.2, 0.25) is 0 Å². The molecule has 3 rings (SSSR count). The molecule has 1 aromatic heterocycles. The average Bonchev–Trinajstić information content (AvgIpc) is 2.61. The van der Waals surface area contributed by atoms with Crippen molar-refractivity contribution in [2.24, 2.45) is 0 Å². The first-order valence-electron chi connectivity index (χ1n) is 7.78. The van der Waals surface area contributed by atoms with E-state index in [1.807, 2.05) is 31.2 Å². The Morgan fingerprint density at radius 1 is 1.08 bits per heavy atom. The normalized spacial score (nSPS) is 10.3. The summed E-state index contributed by atoms with van der Waals surface area (Å²) in [6, 6.07) is 15.4. The van der Waals surface area contributed by atoms with Crippen LogP contribution >= 0.6 is 0 Å². The van der Waals surface area contributed by atoms with E-state index in [-0.39, 0.29) is 17.4 Å². The van der Waals surface area contributed by atoms with Gasteiger partial charge in [-0.25, -0.2) is 14.4 Å². The highest BCUT2D eigenvalue weighted by Gasteiger charge is 2.09. The minimum absolute atomic E-state index is 0.237. The van der Waals surface area contributed by atoms with Gasteiger partial charge in [0, 0.05) is 18.3 Å². The SMILES string of the molecule is Cc1ccc(CNC(=O)c2cc(Nc3cccc(F)c3)ncn2)cc1. The Bertz CT molecular complexity index is 881. The topological polar surface area (TPSA) is 66.9 Å². The zero-order chi connectivity index (χ0) is 17.6. The zero-order valence-corrected chi connectivity index (χ0v) is 13.7. The van der Waals surface area contributed by atoms with E-state index in [1.54, 1.807) is 12.1 Å². The van der Waals surface area contributed by atoms with Gasteiger partial charge in [-0.15, -0.1) is 0 Å². The summed E-state index contributed by atoms with van der Waals surface area (Å²) in [5.41, 5.74) is 2.95. The number of carbonyl (C=O) groups excluding carboxylic acids is 1. The first-order chi connectivity index (χ1) is 12.1. The Morgan fingerprint density at radius 2 is 1.88 bits per heavy atom. The molecule has 0 aliphatic heterocycles. The first-order valence-corrected chi connectivity index (χ1v) is 7.78. The predicted molar refractivity (Wildman–Crippen MR) is 94.1 cm³/mol. The number of anilines is 2. The second kappa shape index (κ2) is 7.53. The molecule has 2 N–H and O–H groups in total. The second-order valence-corrected chi connectivity index (χ2v) is 5.59. The summed E-state index contributed by atoms with van der Waals surface area (Å²) in [6.07, 6.45) is 1.29. The molecule has 0 saturated heterocycles. The highest BCUT2D eigenvalue weighted by Crippen LogP contribution is 2.15. The van der Waals surface area contributed by atoms with Gasteiger partial charge in [-0.05, 0) is 30.7 Å². The van der Waals surface area contributed by atoms with Gasteiger partial charge in [-0.3, -0.25) is 4.79 Å².